The Morgan fingerprint density at radius 1 is 0.938 bits per heavy atom. The third-order valence-electron chi connectivity index (χ3n) is 4.80. The van der Waals surface area contributed by atoms with Gasteiger partial charge in [-0.15, -0.1) is 0 Å². The molecule has 6 heteroatoms. The number of benzene rings is 3. The maximum absolute atomic E-state index is 14.3. The number of nitrogens with zero attached hydrogens (tertiary/aromatic N) is 1. The highest BCUT2D eigenvalue weighted by molar-refractivity contribution is 6.00. The summed E-state index contributed by atoms with van der Waals surface area (Å²) < 4.78 is 19.7. The highest BCUT2D eigenvalue weighted by Crippen LogP contribution is 2.22. The minimum atomic E-state index is -1.10. The van der Waals surface area contributed by atoms with Crippen molar-refractivity contribution in [2.75, 3.05) is 13.2 Å². The number of hydrogen-bond acceptors (Lipinski definition) is 4. The number of carboxylic acid groups (broad SMARTS) is 1. The monoisotopic (exact) mass is 435 g/mol. The fourth-order valence-corrected chi connectivity index (χ4v) is 3.24. The first kappa shape index (κ1) is 23.0. The van der Waals surface area contributed by atoms with Gasteiger partial charge in [-0.2, -0.15) is 0 Å². The van der Waals surface area contributed by atoms with Gasteiger partial charge in [0, 0.05) is 5.56 Å². The van der Waals surface area contributed by atoms with Crippen molar-refractivity contribution in [2.24, 2.45) is 5.16 Å². The van der Waals surface area contributed by atoms with Crippen LogP contribution in [0.2, 0.25) is 0 Å². The van der Waals surface area contributed by atoms with Gasteiger partial charge in [-0.3, -0.25) is 4.79 Å². The fraction of sp³-hybridized carbons (Fsp3) is 0.231. The molecule has 5 nitrogen and oxygen atoms in total. The minimum Gasteiger partial charge on any atom is -0.487 e. The van der Waals surface area contributed by atoms with Gasteiger partial charge < -0.3 is 14.7 Å². The number of carboxylic acids is 1. The predicted molar refractivity (Wildman–Crippen MR) is 123 cm³/mol. The van der Waals surface area contributed by atoms with E-state index >= 15 is 0 Å². The van der Waals surface area contributed by atoms with Crippen molar-refractivity contribution in [3.05, 3.63) is 89.7 Å². The summed E-state index contributed by atoms with van der Waals surface area (Å²) in [5.74, 6) is -1.76. The molecule has 0 bridgehead atoms. The van der Waals surface area contributed by atoms with Crippen molar-refractivity contribution in [2.45, 2.75) is 26.2 Å². The summed E-state index contributed by atoms with van der Waals surface area (Å²) >= 11 is 0. The first-order valence-electron chi connectivity index (χ1n) is 10.5. The summed E-state index contributed by atoms with van der Waals surface area (Å²) in [6, 6.07) is 22.8. The van der Waals surface area contributed by atoms with Gasteiger partial charge in [0.2, 0.25) is 0 Å². The Morgan fingerprint density at radius 2 is 1.66 bits per heavy atom. The van der Waals surface area contributed by atoms with Gasteiger partial charge in [0.1, 0.15) is 6.61 Å². The lowest BCUT2D eigenvalue weighted by Crippen LogP contribution is -2.09. The highest BCUT2D eigenvalue weighted by Gasteiger charge is 2.12. The molecule has 3 rings (SSSR count). The summed E-state index contributed by atoms with van der Waals surface area (Å²) in [7, 11) is 0. The molecule has 0 aliphatic carbocycles. The van der Waals surface area contributed by atoms with E-state index in [1.165, 1.54) is 12.1 Å². The van der Waals surface area contributed by atoms with Crippen molar-refractivity contribution in [1.82, 2.24) is 0 Å². The molecule has 32 heavy (non-hydrogen) atoms. The lowest BCUT2D eigenvalue weighted by Gasteiger charge is -2.10. The van der Waals surface area contributed by atoms with Crippen LogP contribution >= 0.6 is 0 Å². The molecule has 0 atom stereocenters. The Kier molecular flexibility index (Phi) is 8.37. The van der Waals surface area contributed by atoms with Crippen LogP contribution in [0.15, 0.2) is 78.0 Å². The zero-order valence-electron chi connectivity index (χ0n) is 18.0. The molecule has 0 saturated heterocycles. The maximum atomic E-state index is 14.3. The molecule has 0 unspecified atom stereocenters. The van der Waals surface area contributed by atoms with E-state index in [0.717, 1.165) is 35.2 Å². The van der Waals surface area contributed by atoms with Crippen LogP contribution in [0, 0.1) is 5.82 Å². The Labute approximate surface area is 187 Å². The second-order valence-electron chi connectivity index (χ2n) is 7.21. The van der Waals surface area contributed by atoms with Crippen LogP contribution in [-0.4, -0.2) is 30.0 Å². The van der Waals surface area contributed by atoms with Crippen LogP contribution in [-0.2, 0) is 16.1 Å². The normalized spacial score (nSPS) is 11.2. The molecule has 0 radical (unpaired) electrons. The fourth-order valence-electron chi connectivity index (χ4n) is 3.24. The third kappa shape index (κ3) is 6.41. The van der Waals surface area contributed by atoms with E-state index in [1.807, 2.05) is 30.3 Å². The first-order chi connectivity index (χ1) is 15.6. The van der Waals surface area contributed by atoms with E-state index in [4.69, 9.17) is 14.7 Å². The molecule has 0 saturated carbocycles. The molecule has 0 heterocycles. The number of rotatable bonds is 11. The van der Waals surface area contributed by atoms with Crippen LogP contribution in [0.5, 0.6) is 5.75 Å². The second kappa shape index (κ2) is 11.6. The van der Waals surface area contributed by atoms with Crippen molar-refractivity contribution in [1.29, 1.82) is 0 Å². The minimum absolute atomic E-state index is 0.00149. The van der Waals surface area contributed by atoms with Crippen LogP contribution in [0.3, 0.4) is 0 Å². The molecule has 0 aromatic heterocycles. The van der Waals surface area contributed by atoms with Gasteiger partial charge in [-0.1, -0.05) is 85.2 Å². The topological polar surface area (TPSA) is 68.1 Å². The number of oxime groups is 1. The Balaban J connectivity index is 1.57. The lowest BCUT2D eigenvalue weighted by atomic mass is 10.0. The van der Waals surface area contributed by atoms with Crippen LogP contribution in [0.1, 0.15) is 30.9 Å². The zero-order chi connectivity index (χ0) is 22.8. The Bertz CT molecular complexity index is 1050. The summed E-state index contributed by atoms with van der Waals surface area (Å²) in [4.78, 5) is 16.2. The predicted octanol–water partition coefficient (Wildman–Crippen LogP) is 5.72. The van der Waals surface area contributed by atoms with Crippen molar-refractivity contribution < 1.29 is 23.9 Å². The molecule has 0 aliphatic rings. The molecule has 166 valence electrons. The van der Waals surface area contributed by atoms with Gasteiger partial charge in [0.05, 0.1) is 12.1 Å². The van der Waals surface area contributed by atoms with Crippen molar-refractivity contribution in [3.8, 4) is 16.9 Å². The molecule has 0 amide bonds. The number of aliphatic carboxylic acids is 1. The smallest absolute Gasteiger partial charge is 0.307 e. The summed E-state index contributed by atoms with van der Waals surface area (Å²) in [6.07, 6.45) is 1.28. The van der Waals surface area contributed by atoms with Gasteiger partial charge >= 0.3 is 5.97 Å². The Hall–Kier alpha value is -3.67. The zero-order valence-corrected chi connectivity index (χ0v) is 18.0. The van der Waals surface area contributed by atoms with E-state index < -0.39 is 18.2 Å². The molecular weight excluding hydrogens is 409 g/mol. The molecule has 3 aromatic rings. The Morgan fingerprint density at radius 3 is 2.34 bits per heavy atom. The number of ether oxygens (including phenoxy) is 1. The SMILES string of the molecule is CCC/C(=N\OCCOc1cccc(CC(=O)O)c1F)c1ccc(-c2ccccc2)cc1. The summed E-state index contributed by atoms with van der Waals surface area (Å²) in [5, 5.41) is 13.1. The quantitative estimate of drug-likeness (QED) is 0.238. The van der Waals surface area contributed by atoms with Crippen LogP contribution in [0.25, 0.3) is 11.1 Å². The highest BCUT2D eigenvalue weighted by atomic mass is 19.1. The van der Waals surface area contributed by atoms with E-state index in [1.54, 1.807) is 6.07 Å². The van der Waals surface area contributed by atoms with E-state index in [9.17, 15) is 9.18 Å². The number of hydrogen-bond donors (Lipinski definition) is 1. The lowest BCUT2D eigenvalue weighted by molar-refractivity contribution is -0.136. The maximum Gasteiger partial charge on any atom is 0.307 e. The van der Waals surface area contributed by atoms with E-state index in [2.05, 4.69) is 36.3 Å². The summed E-state index contributed by atoms with van der Waals surface area (Å²) in [6.45, 7) is 2.30. The molecule has 0 fully saturated rings. The van der Waals surface area contributed by atoms with E-state index in [-0.39, 0.29) is 24.5 Å². The average molecular weight is 435 g/mol. The van der Waals surface area contributed by atoms with Crippen molar-refractivity contribution >= 4 is 11.7 Å². The van der Waals surface area contributed by atoms with Crippen LogP contribution < -0.4 is 4.74 Å². The van der Waals surface area contributed by atoms with Gasteiger partial charge in [0.25, 0.3) is 0 Å². The van der Waals surface area contributed by atoms with Crippen molar-refractivity contribution in [3.63, 3.8) is 0 Å². The molecule has 0 spiro atoms. The van der Waals surface area contributed by atoms with Gasteiger partial charge in [0.15, 0.2) is 18.2 Å². The third-order valence-corrected chi connectivity index (χ3v) is 4.80. The van der Waals surface area contributed by atoms with Gasteiger partial charge in [-0.25, -0.2) is 4.39 Å². The molecule has 0 aliphatic heterocycles. The molecule has 1 N–H and O–H groups in total. The van der Waals surface area contributed by atoms with Crippen LogP contribution in [0.4, 0.5) is 4.39 Å². The van der Waals surface area contributed by atoms with Gasteiger partial charge in [-0.05, 0) is 29.2 Å². The molecule has 3 aromatic carbocycles. The second-order valence-corrected chi connectivity index (χ2v) is 7.21. The van der Waals surface area contributed by atoms with E-state index in [0.29, 0.717) is 0 Å². The average Bonchev–Trinajstić information content (AvgIpc) is 2.81. The molecular formula is C26H26FNO4. The number of halogens is 1. The largest absolute Gasteiger partial charge is 0.487 e. The standard InChI is InChI=1S/C26H26FNO4/c1-2-7-23(21-14-12-20(13-15-21)19-8-4-3-5-9-19)28-32-17-16-31-24-11-6-10-22(26(24)27)18-25(29)30/h3-6,8-15H,2,7,16-18H2,1H3,(H,29,30)/b28-23+. The number of carbonyl (C=O) groups is 1. The summed E-state index contributed by atoms with van der Waals surface area (Å²) in [5.41, 5.74) is 4.19. The first-order valence-corrected chi connectivity index (χ1v) is 10.5.